The van der Waals surface area contributed by atoms with Gasteiger partial charge in [0.15, 0.2) is 0 Å². The maximum atomic E-state index is 11.1. The van der Waals surface area contributed by atoms with E-state index in [1.807, 2.05) is 6.92 Å². The van der Waals surface area contributed by atoms with E-state index in [0.717, 1.165) is 29.3 Å². The van der Waals surface area contributed by atoms with Crippen molar-refractivity contribution in [1.82, 2.24) is 9.55 Å². The average Bonchev–Trinajstić information content (AvgIpc) is 3.02. The minimum Gasteiger partial charge on any atom is -0.478 e. The summed E-state index contributed by atoms with van der Waals surface area (Å²) in [7, 11) is 0. The van der Waals surface area contributed by atoms with E-state index in [0.29, 0.717) is 5.56 Å². The molecule has 1 heterocycles. The smallest absolute Gasteiger partial charge is 0.335 e. The van der Waals surface area contributed by atoms with Crippen LogP contribution < -0.4 is 0 Å². The number of carboxylic acid groups (broad SMARTS) is 1. The fraction of sp³-hybridized carbons (Fsp3) is 0.500. The number of benzene rings is 1. The maximum Gasteiger partial charge on any atom is 0.335 e. The molecule has 0 saturated heterocycles. The lowest BCUT2D eigenvalue weighted by Gasteiger charge is -2.11. The molecular formula is C16H20N2O2. The third kappa shape index (κ3) is 2.42. The zero-order valence-electron chi connectivity index (χ0n) is 11.8. The molecule has 0 bridgehead atoms. The largest absolute Gasteiger partial charge is 0.478 e. The van der Waals surface area contributed by atoms with Gasteiger partial charge < -0.3 is 9.67 Å². The Kier molecular flexibility index (Phi) is 3.47. The Balaban J connectivity index is 1.89. The van der Waals surface area contributed by atoms with Gasteiger partial charge in [-0.2, -0.15) is 0 Å². The summed E-state index contributed by atoms with van der Waals surface area (Å²) in [6.45, 7) is 2.94. The first-order valence-electron chi connectivity index (χ1n) is 7.35. The van der Waals surface area contributed by atoms with Crippen LogP contribution in [0.3, 0.4) is 0 Å². The van der Waals surface area contributed by atoms with E-state index in [9.17, 15) is 4.79 Å². The number of aromatic nitrogens is 2. The molecule has 1 aromatic heterocycles. The normalized spacial score (nSPS) is 16.1. The van der Waals surface area contributed by atoms with Crippen LogP contribution in [0, 0.1) is 12.8 Å². The molecule has 4 heteroatoms. The Morgan fingerprint density at radius 3 is 2.85 bits per heavy atom. The minimum atomic E-state index is -0.881. The summed E-state index contributed by atoms with van der Waals surface area (Å²) in [5.41, 5.74) is 2.17. The highest BCUT2D eigenvalue weighted by Gasteiger charge is 2.16. The summed E-state index contributed by atoms with van der Waals surface area (Å²) in [6, 6.07) is 5.17. The first-order chi connectivity index (χ1) is 9.65. The molecule has 0 aliphatic heterocycles. The quantitative estimate of drug-likeness (QED) is 0.924. The van der Waals surface area contributed by atoms with Crippen LogP contribution in [0.15, 0.2) is 18.2 Å². The summed E-state index contributed by atoms with van der Waals surface area (Å²) in [6.07, 6.45) is 6.57. The number of aromatic carboxylic acids is 1. The van der Waals surface area contributed by atoms with Gasteiger partial charge in [-0.05, 0) is 37.5 Å². The van der Waals surface area contributed by atoms with Crippen LogP contribution in [0.5, 0.6) is 0 Å². The second-order valence-corrected chi connectivity index (χ2v) is 5.76. The van der Waals surface area contributed by atoms with Crippen LogP contribution in [0.2, 0.25) is 0 Å². The van der Waals surface area contributed by atoms with Crippen molar-refractivity contribution in [1.29, 1.82) is 0 Å². The van der Waals surface area contributed by atoms with Crippen LogP contribution in [0.1, 0.15) is 48.3 Å². The van der Waals surface area contributed by atoms with Gasteiger partial charge in [0.1, 0.15) is 5.82 Å². The van der Waals surface area contributed by atoms with Gasteiger partial charge in [0.05, 0.1) is 16.6 Å². The van der Waals surface area contributed by atoms with Crippen LogP contribution in [-0.2, 0) is 6.54 Å². The predicted octanol–water partition coefficient (Wildman–Crippen LogP) is 3.62. The Morgan fingerprint density at radius 1 is 1.40 bits per heavy atom. The summed E-state index contributed by atoms with van der Waals surface area (Å²) < 4.78 is 2.17. The van der Waals surface area contributed by atoms with Crippen molar-refractivity contribution in [3.63, 3.8) is 0 Å². The second-order valence-electron chi connectivity index (χ2n) is 5.76. The van der Waals surface area contributed by atoms with Crippen molar-refractivity contribution < 1.29 is 9.90 Å². The molecule has 0 spiro atoms. The Labute approximate surface area is 118 Å². The van der Waals surface area contributed by atoms with E-state index in [4.69, 9.17) is 5.11 Å². The number of aryl methyl sites for hydroxylation is 2. The molecule has 0 radical (unpaired) electrons. The lowest BCUT2D eigenvalue weighted by molar-refractivity contribution is 0.0697. The fourth-order valence-electron chi connectivity index (χ4n) is 3.27. The summed E-state index contributed by atoms with van der Waals surface area (Å²) >= 11 is 0. The number of fused-ring (bicyclic) bond motifs is 1. The van der Waals surface area contributed by atoms with Gasteiger partial charge in [0.2, 0.25) is 0 Å². The molecule has 1 aromatic carbocycles. The number of carboxylic acids is 1. The molecule has 106 valence electrons. The van der Waals surface area contributed by atoms with Crippen LogP contribution in [0.25, 0.3) is 11.0 Å². The highest BCUT2D eigenvalue weighted by atomic mass is 16.4. The van der Waals surface area contributed by atoms with Gasteiger partial charge in [0.25, 0.3) is 0 Å². The van der Waals surface area contributed by atoms with Gasteiger partial charge in [-0.15, -0.1) is 0 Å². The molecule has 0 amide bonds. The van der Waals surface area contributed by atoms with Crippen LogP contribution in [0.4, 0.5) is 0 Å². The van der Waals surface area contributed by atoms with Crippen molar-refractivity contribution in [2.24, 2.45) is 5.92 Å². The predicted molar refractivity (Wildman–Crippen MR) is 78.0 cm³/mol. The van der Waals surface area contributed by atoms with Gasteiger partial charge in [-0.25, -0.2) is 9.78 Å². The molecule has 0 atom stereocenters. The lowest BCUT2D eigenvalue weighted by Crippen LogP contribution is -2.05. The lowest BCUT2D eigenvalue weighted by atomic mass is 10.0. The molecule has 1 aliphatic rings. The number of hydrogen-bond acceptors (Lipinski definition) is 2. The Morgan fingerprint density at radius 2 is 2.15 bits per heavy atom. The molecule has 1 fully saturated rings. The molecule has 1 N–H and O–H groups in total. The van der Waals surface area contributed by atoms with E-state index in [1.54, 1.807) is 18.2 Å². The summed E-state index contributed by atoms with van der Waals surface area (Å²) in [5, 5.41) is 9.11. The highest BCUT2D eigenvalue weighted by molar-refractivity contribution is 5.92. The zero-order chi connectivity index (χ0) is 14.1. The first kappa shape index (κ1) is 13.2. The third-order valence-electron chi connectivity index (χ3n) is 4.42. The summed E-state index contributed by atoms with van der Waals surface area (Å²) in [4.78, 5) is 15.6. The fourth-order valence-corrected chi connectivity index (χ4v) is 3.27. The molecular weight excluding hydrogens is 252 g/mol. The van der Waals surface area contributed by atoms with Gasteiger partial charge in [0, 0.05) is 6.54 Å². The molecule has 1 saturated carbocycles. The highest BCUT2D eigenvalue weighted by Crippen LogP contribution is 2.29. The number of rotatable bonds is 4. The standard InChI is InChI=1S/C16H20N2O2/c1-11-17-14-7-6-13(16(19)20)10-15(14)18(11)9-8-12-4-2-3-5-12/h6-7,10,12H,2-5,8-9H2,1H3,(H,19,20). The maximum absolute atomic E-state index is 11.1. The van der Waals surface area contributed by atoms with Crippen molar-refractivity contribution in [2.75, 3.05) is 0 Å². The van der Waals surface area contributed by atoms with E-state index < -0.39 is 5.97 Å². The van der Waals surface area contributed by atoms with Gasteiger partial charge in [-0.1, -0.05) is 25.7 Å². The Hall–Kier alpha value is -1.84. The van der Waals surface area contributed by atoms with Gasteiger partial charge >= 0.3 is 5.97 Å². The number of carbonyl (C=O) groups is 1. The van der Waals surface area contributed by atoms with E-state index >= 15 is 0 Å². The van der Waals surface area contributed by atoms with Crippen molar-refractivity contribution >= 4 is 17.0 Å². The van der Waals surface area contributed by atoms with Crippen molar-refractivity contribution in [3.05, 3.63) is 29.6 Å². The van der Waals surface area contributed by atoms with Crippen LogP contribution >= 0.6 is 0 Å². The molecule has 0 unspecified atom stereocenters. The SMILES string of the molecule is Cc1nc2ccc(C(=O)O)cc2n1CCC1CCCC1. The summed E-state index contributed by atoms with van der Waals surface area (Å²) in [5.74, 6) is 0.920. The second kappa shape index (κ2) is 5.27. The first-order valence-corrected chi connectivity index (χ1v) is 7.35. The third-order valence-corrected chi connectivity index (χ3v) is 4.42. The van der Waals surface area contributed by atoms with Gasteiger partial charge in [-0.3, -0.25) is 0 Å². The molecule has 1 aliphatic carbocycles. The minimum absolute atomic E-state index is 0.333. The molecule has 4 nitrogen and oxygen atoms in total. The topological polar surface area (TPSA) is 55.1 Å². The van der Waals surface area contributed by atoms with E-state index in [-0.39, 0.29) is 0 Å². The van der Waals surface area contributed by atoms with E-state index in [1.165, 1.54) is 32.1 Å². The monoisotopic (exact) mass is 272 g/mol. The number of hydrogen-bond donors (Lipinski definition) is 1. The Bertz CT molecular complexity index is 639. The molecule has 3 rings (SSSR count). The van der Waals surface area contributed by atoms with Crippen molar-refractivity contribution in [3.8, 4) is 0 Å². The zero-order valence-corrected chi connectivity index (χ0v) is 11.8. The van der Waals surface area contributed by atoms with E-state index in [2.05, 4.69) is 9.55 Å². The van der Waals surface area contributed by atoms with Crippen molar-refractivity contribution in [2.45, 2.75) is 45.6 Å². The van der Waals surface area contributed by atoms with Crippen LogP contribution in [-0.4, -0.2) is 20.6 Å². The molecule has 20 heavy (non-hydrogen) atoms. The number of nitrogens with zero attached hydrogens (tertiary/aromatic N) is 2. The molecule has 2 aromatic rings. The number of imidazole rings is 1. The average molecular weight is 272 g/mol.